The molecule has 0 spiro atoms. The minimum absolute atomic E-state index is 0.0795. The second kappa shape index (κ2) is 20.0. The van der Waals surface area contributed by atoms with Crippen LogP contribution in [0.25, 0.3) is 0 Å². The molecule has 2 amide bonds. The fourth-order valence-corrected chi connectivity index (χ4v) is 5.77. The molecule has 3 atom stereocenters. The molecule has 4 rings (SSSR count). The summed E-state index contributed by atoms with van der Waals surface area (Å²) in [5.74, 6) is 1.14. The van der Waals surface area contributed by atoms with Gasteiger partial charge in [0.2, 0.25) is 0 Å². The van der Waals surface area contributed by atoms with Crippen LogP contribution in [-0.2, 0) is 35.2 Å². The van der Waals surface area contributed by atoms with E-state index in [1.165, 1.54) is 5.06 Å². The first-order valence-corrected chi connectivity index (χ1v) is 17.7. The summed E-state index contributed by atoms with van der Waals surface area (Å²) in [7, 11) is 3.28. The molecule has 0 radical (unpaired) electrons. The Bertz CT molecular complexity index is 1480. The van der Waals surface area contributed by atoms with Gasteiger partial charge in [-0.2, -0.15) is 5.06 Å². The summed E-state index contributed by atoms with van der Waals surface area (Å²) < 4.78 is 34.6. The molecule has 278 valence electrons. The third-order valence-electron chi connectivity index (χ3n) is 8.30. The van der Waals surface area contributed by atoms with Crippen molar-refractivity contribution < 1.29 is 42.8 Å². The quantitative estimate of drug-likeness (QED) is 0.101. The van der Waals surface area contributed by atoms with Crippen molar-refractivity contribution in [3.8, 4) is 11.5 Å². The Morgan fingerprint density at radius 1 is 0.882 bits per heavy atom. The molecule has 1 heterocycles. The van der Waals surface area contributed by atoms with Crippen molar-refractivity contribution in [2.45, 2.75) is 77.3 Å². The number of carbonyl (C=O) groups is 2. The Balaban J connectivity index is 1.39. The average molecular weight is 707 g/mol. The minimum atomic E-state index is -0.869. The van der Waals surface area contributed by atoms with Crippen molar-refractivity contribution in [3.63, 3.8) is 0 Å². The number of hydrogen-bond acceptors (Lipinski definition) is 9. The van der Waals surface area contributed by atoms with E-state index in [2.05, 4.69) is 0 Å². The van der Waals surface area contributed by atoms with Crippen LogP contribution >= 0.6 is 0 Å². The number of hydroxylamine groups is 1. The van der Waals surface area contributed by atoms with E-state index < -0.39 is 23.9 Å². The summed E-state index contributed by atoms with van der Waals surface area (Å²) in [4.78, 5) is 34.6. The zero-order chi connectivity index (χ0) is 36.6. The highest BCUT2D eigenvalue weighted by Gasteiger charge is 2.38. The molecule has 0 aliphatic carbocycles. The van der Waals surface area contributed by atoms with Crippen molar-refractivity contribution in [1.82, 2.24) is 4.90 Å². The lowest BCUT2D eigenvalue weighted by molar-refractivity contribution is -0.143. The van der Waals surface area contributed by atoms with Gasteiger partial charge in [0, 0.05) is 38.2 Å². The first-order valence-electron chi connectivity index (χ1n) is 17.7. The summed E-state index contributed by atoms with van der Waals surface area (Å²) in [5, 5.41) is 1.29. The van der Waals surface area contributed by atoms with Crippen molar-refractivity contribution in [2.75, 3.05) is 58.8 Å². The molecule has 3 aromatic carbocycles. The predicted molar refractivity (Wildman–Crippen MR) is 195 cm³/mol. The lowest BCUT2D eigenvalue weighted by atomic mass is 9.87. The number of para-hydroxylation sites is 2. The standard InChI is InChI=1S/C40H54N2O9/c1-30(38(43)42(49-27-12-24-45-5)33-15-8-7-9-16-33)50-37-28-41(39(44)51-40(2,3)4)23-22-35(37)31-18-20-34(21-19-31)48-26-13-25-47-29-32-14-10-11-17-36(32)46-6/h7-11,14-21,30,35,37H,12-13,22-29H2,1-6H3/t30-,35?,37?/m0/s1. The Hall–Kier alpha value is -4.16. The van der Waals surface area contributed by atoms with Crippen LogP contribution in [0.4, 0.5) is 10.5 Å². The van der Waals surface area contributed by atoms with Crippen LogP contribution in [0.1, 0.15) is 64.0 Å². The van der Waals surface area contributed by atoms with Crippen LogP contribution in [0.3, 0.4) is 0 Å². The average Bonchev–Trinajstić information content (AvgIpc) is 3.13. The Morgan fingerprint density at radius 2 is 1.59 bits per heavy atom. The van der Waals surface area contributed by atoms with E-state index in [9.17, 15) is 9.59 Å². The highest BCUT2D eigenvalue weighted by Crippen LogP contribution is 2.33. The Morgan fingerprint density at radius 3 is 2.29 bits per heavy atom. The highest BCUT2D eigenvalue weighted by molar-refractivity contribution is 5.94. The maximum atomic E-state index is 13.8. The van der Waals surface area contributed by atoms with E-state index >= 15 is 0 Å². The Kier molecular flexibility index (Phi) is 15.6. The number of carbonyl (C=O) groups excluding carboxylic acids is 2. The number of methoxy groups -OCH3 is 2. The number of rotatable bonds is 18. The highest BCUT2D eigenvalue weighted by atomic mass is 16.7. The molecule has 3 aromatic rings. The first kappa shape index (κ1) is 39.6. The van der Waals surface area contributed by atoms with Crippen LogP contribution in [0, 0.1) is 0 Å². The van der Waals surface area contributed by atoms with Gasteiger partial charge in [-0.1, -0.05) is 48.5 Å². The maximum absolute atomic E-state index is 13.8. The number of ether oxygens (including phenoxy) is 6. The van der Waals surface area contributed by atoms with E-state index in [4.69, 9.17) is 33.3 Å². The summed E-state index contributed by atoms with van der Waals surface area (Å²) in [6, 6.07) is 25.0. The second-order valence-corrected chi connectivity index (χ2v) is 13.4. The number of amides is 2. The third kappa shape index (κ3) is 12.5. The molecule has 0 saturated carbocycles. The van der Waals surface area contributed by atoms with Crippen LogP contribution in [0.2, 0.25) is 0 Å². The van der Waals surface area contributed by atoms with Crippen molar-refractivity contribution >= 4 is 17.7 Å². The van der Waals surface area contributed by atoms with Crippen molar-refractivity contribution in [3.05, 3.63) is 90.0 Å². The minimum Gasteiger partial charge on any atom is -0.496 e. The molecule has 1 fully saturated rings. The molecule has 11 heteroatoms. The number of nitrogens with zero attached hydrogens (tertiary/aromatic N) is 2. The number of hydrogen-bond donors (Lipinski definition) is 0. The van der Waals surface area contributed by atoms with Gasteiger partial charge in [0.1, 0.15) is 23.2 Å². The summed E-state index contributed by atoms with van der Waals surface area (Å²) >= 11 is 0. The van der Waals surface area contributed by atoms with Gasteiger partial charge < -0.3 is 33.3 Å². The topological polar surface area (TPSA) is 105 Å². The number of piperidine rings is 1. The van der Waals surface area contributed by atoms with Gasteiger partial charge in [-0.25, -0.2) is 4.79 Å². The van der Waals surface area contributed by atoms with E-state index in [0.29, 0.717) is 58.1 Å². The lowest BCUT2D eigenvalue weighted by Crippen LogP contribution is -2.50. The summed E-state index contributed by atoms with van der Waals surface area (Å²) in [6.45, 7) is 10.4. The van der Waals surface area contributed by atoms with Gasteiger partial charge in [-0.05, 0) is 76.4 Å². The third-order valence-corrected chi connectivity index (χ3v) is 8.30. The first-order chi connectivity index (χ1) is 24.6. The molecule has 51 heavy (non-hydrogen) atoms. The van der Waals surface area contributed by atoms with E-state index in [1.807, 2.05) is 99.6 Å². The molecule has 1 aliphatic rings. The molecule has 0 N–H and O–H groups in total. The zero-order valence-electron chi connectivity index (χ0n) is 30.9. The monoisotopic (exact) mass is 706 g/mol. The molecule has 11 nitrogen and oxygen atoms in total. The van der Waals surface area contributed by atoms with Crippen molar-refractivity contribution in [2.24, 2.45) is 0 Å². The van der Waals surface area contributed by atoms with Gasteiger partial charge >= 0.3 is 6.09 Å². The van der Waals surface area contributed by atoms with E-state index in [0.717, 1.165) is 29.0 Å². The largest absolute Gasteiger partial charge is 0.496 e. The van der Waals surface area contributed by atoms with Gasteiger partial charge in [0.05, 0.1) is 51.9 Å². The smallest absolute Gasteiger partial charge is 0.410 e. The molecule has 1 aliphatic heterocycles. The van der Waals surface area contributed by atoms with Crippen LogP contribution in [0.5, 0.6) is 11.5 Å². The summed E-state index contributed by atoms with van der Waals surface area (Å²) in [6.07, 6.45) is 0.226. The van der Waals surface area contributed by atoms with Gasteiger partial charge in [-0.15, -0.1) is 0 Å². The van der Waals surface area contributed by atoms with Crippen LogP contribution in [0.15, 0.2) is 78.9 Å². The SMILES string of the molecule is COCCCON(C(=O)[C@H](C)OC1CN(C(=O)OC(C)(C)C)CCC1c1ccc(OCCCOCc2ccccc2OC)cc1)c1ccccc1. The Labute approximate surface area is 302 Å². The van der Waals surface area contributed by atoms with Gasteiger partial charge in [0.15, 0.2) is 0 Å². The lowest BCUT2D eigenvalue weighted by Gasteiger charge is -2.40. The molecule has 2 unspecified atom stereocenters. The molecule has 0 aromatic heterocycles. The zero-order valence-corrected chi connectivity index (χ0v) is 30.9. The fourth-order valence-electron chi connectivity index (χ4n) is 5.77. The predicted octanol–water partition coefficient (Wildman–Crippen LogP) is 7.18. The normalized spacial score (nSPS) is 16.7. The van der Waals surface area contributed by atoms with E-state index in [1.54, 1.807) is 26.0 Å². The van der Waals surface area contributed by atoms with Crippen molar-refractivity contribution in [1.29, 1.82) is 0 Å². The number of benzene rings is 3. The van der Waals surface area contributed by atoms with Gasteiger partial charge in [-0.3, -0.25) is 9.63 Å². The van der Waals surface area contributed by atoms with E-state index in [-0.39, 0.29) is 18.4 Å². The fraction of sp³-hybridized carbons (Fsp3) is 0.500. The number of anilines is 1. The molecule has 0 bridgehead atoms. The maximum Gasteiger partial charge on any atom is 0.410 e. The number of likely N-dealkylation sites (tertiary alicyclic amines) is 1. The van der Waals surface area contributed by atoms with Crippen LogP contribution in [-0.4, -0.2) is 88.4 Å². The molecular weight excluding hydrogens is 652 g/mol. The van der Waals surface area contributed by atoms with Crippen LogP contribution < -0.4 is 14.5 Å². The van der Waals surface area contributed by atoms with Gasteiger partial charge in [0.25, 0.3) is 5.91 Å². The second-order valence-electron chi connectivity index (χ2n) is 13.4. The molecule has 1 saturated heterocycles. The summed E-state index contributed by atoms with van der Waals surface area (Å²) in [5.41, 5.74) is 2.01. The molecular formula is C40H54N2O9.